The van der Waals surface area contributed by atoms with Crippen LogP contribution in [0.4, 0.5) is 0 Å². The third-order valence-electron chi connectivity index (χ3n) is 1.15. The molecule has 0 aromatic heterocycles. The first-order chi connectivity index (χ1) is 5.79. The zero-order valence-corrected chi connectivity index (χ0v) is 11.4. The molecule has 0 fully saturated rings. The Morgan fingerprint density at radius 1 is 1.46 bits per heavy atom. The van der Waals surface area contributed by atoms with Gasteiger partial charge in [0.1, 0.15) is 0 Å². The molecular formula is C8H12KNO3. The predicted molar refractivity (Wildman–Crippen MR) is 40.7 cm³/mol. The number of hydrogen-bond acceptors (Lipinski definition) is 4. The molecule has 0 aliphatic carbocycles. The minimum Gasteiger partial charge on any atom is -0.877 e. The molecule has 0 amide bonds. The molecule has 4 nitrogen and oxygen atoms in total. The molecular weight excluding hydrogens is 197 g/mol. The maximum atomic E-state index is 10.3. The fourth-order valence-electron chi connectivity index (χ4n) is 0.665. The van der Waals surface area contributed by atoms with Crippen molar-refractivity contribution in [3.8, 4) is 6.07 Å². The first-order valence-corrected chi connectivity index (χ1v) is 3.75. The van der Waals surface area contributed by atoms with E-state index in [4.69, 9.17) is 14.7 Å². The van der Waals surface area contributed by atoms with Gasteiger partial charge in [0, 0.05) is 13.2 Å². The van der Waals surface area contributed by atoms with Gasteiger partial charge in [-0.3, -0.25) is 0 Å². The molecule has 0 spiro atoms. The topological polar surface area (TPSA) is 65.3 Å². The van der Waals surface area contributed by atoms with Crippen LogP contribution in [0.5, 0.6) is 0 Å². The number of nitriles is 1. The van der Waals surface area contributed by atoms with Crippen LogP contribution in [-0.4, -0.2) is 19.5 Å². The van der Waals surface area contributed by atoms with Crippen molar-refractivity contribution in [2.45, 2.75) is 20.1 Å². The number of nitrogens with zero attached hydrogens (tertiary/aromatic N) is 1. The van der Waals surface area contributed by atoms with Gasteiger partial charge in [0.05, 0.1) is 11.6 Å². The van der Waals surface area contributed by atoms with Gasteiger partial charge in [0.2, 0.25) is 0 Å². The largest absolute Gasteiger partial charge is 1.00 e. The monoisotopic (exact) mass is 209 g/mol. The third-order valence-corrected chi connectivity index (χ3v) is 1.15. The van der Waals surface area contributed by atoms with Crippen molar-refractivity contribution in [3.05, 3.63) is 11.8 Å². The Morgan fingerprint density at radius 3 is 2.15 bits per heavy atom. The van der Waals surface area contributed by atoms with Crippen LogP contribution >= 0.6 is 0 Å². The third kappa shape index (κ3) is 6.63. The van der Waals surface area contributed by atoms with E-state index in [0.29, 0.717) is 19.5 Å². The summed E-state index contributed by atoms with van der Waals surface area (Å²) in [7, 11) is 0. The summed E-state index contributed by atoms with van der Waals surface area (Å²) in [5, 5.41) is 18.8. The predicted octanol–water partition coefficient (Wildman–Crippen LogP) is -2.84. The molecule has 68 valence electrons. The fourth-order valence-corrected chi connectivity index (χ4v) is 0.665. The Balaban J connectivity index is 0. The van der Waals surface area contributed by atoms with Gasteiger partial charge < -0.3 is 14.6 Å². The van der Waals surface area contributed by atoms with Crippen LogP contribution in [0.25, 0.3) is 0 Å². The maximum absolute atomic E-state index is 10.3. The quantitative estimate of drug-likeness (QED) is 0.212. The first kappa shape index (κ1) is 16.0. The smallest absolute Gasteiger partial charge is 0.877 e. The van der Waals surface area contributed by atoms with E-state index in [0.717, 1.165) is 0 Å². The molecule has 13 heavy (non-hydrogen) atoms. The van der Waals surface area contributed by atoms with E-state index in [1.54, 1.807) is 19.9 Å². The van der Waals surface area contributed by atoms with Crippen molar-refractivity contribution in [1.29, 1.82) is 5.26 Å². The molecule has 0 radical (unpaired) electrons. The summed E-state index contributed by atoms with van der Waals surface area (Å²) in [6.45, 7) is 4.35. The molecule has 0 aliphatic heterocycles. The Bertz CT molecular complexity index is 182. The van der Waals surface area contributed by atoms with Crippen molar-refractivity contribution in [2.24, 2.45) is 0 Å². The molecule has 0 aromatic rings. The van der Waals surface area contributed by atoms with Crippen molar-refractivity contribution in [1.82, 2.24) is 0 Å². The molecule has 0 N–H and O–H groups in total. The summed E-state index contributed by atoms with van der Waals surface area (Å²) < 4.78 is 10.0. The molecule has 0 unspecified atom stereocenters. The Hall–Kier alpha value is 0.586. The maximum Gasteiger partial charge on any atom is 1.00 e. The van der Waals surface area contributed by atoms with Crippen LogP contribution < -0.4 is 56.5 Å². The van der Waals surface area contributed by atoms with E-state index < -0.39 is 6.29 Å². The van der Waals surface area contributed by atoms with Gasteiger partial charge in [-0.1, -0.05) is 0 Å². The summed E-state index contributed by atoms with van der Waals surface area (Å²) in [5.41, 5.74) is -0.0290. The second-order valence-electron chi connectivity index (χ2n) is 1.93. The van der Waals surface area contributed by atoms with E-state index in [1.807, 2.05) is 0 Å². The van der Waals surface area contributed by atoms with Crippen LogP contribution in [0.3, 0.4) is 0 Å². The van der Waals surface area contributed by atoms with Crippen LogP contribution in [0, 0.1) is 11.3 Å². The van der Waals surface area contributed by atoms with E-state index in [1.165, 1.54) is 0 Å². The second kappa shape index (κ2) is 10.7. The van der Waals surface area contributed by atoms with Gasteiger partial charge in [-0.2, -0.15) is 5.26 Å². The average Bonchev–Trinajstić information content (AvgIpc) is 2.07. The minimum absolute atomic E-state index is 0. The van der Waals surface area contributed by atoms with Crippen LogP contribution in [-0.2, 0) is 9.47 Å². The number of rotatable bonds is 5. The normalized spacial score (nSPS) is 10.8. The summed E-state index contributed by atoms with van der Waals surface area (Å²) >= 11 is 0. The van der Waals surface area contributed by atoms with E-state index in [2.05, 4.69) is 0 Å². The molecule has 0 aliphatic rings. The molecule has 5 heteroatoms. The SMILES string of the molecule is CCOC(OCC)/C(C#N)=C\[O-].[K+]. The van der Waals surface area contributed by atoms with Gasteiger partial charge >= 0.3 is 51.4 Å². The van der Waals surface area contributed by atoms with E-state index >= 15 is 0 Å². The zero-order chi connectivity index (χ0) is 9.40. The first-order valence-electron chi connectivity index (χ1n) is 3.75. The van der Waals surface area contributed by atoms with Gasteiger partial charge in [-0.25, -0.2) is 0 Å². The van der Waals surface area contributed by atoms with Crippen LogP contribution in [0.2, 0.25) is 0 Å². The molecule has 0 atom stereocenters. The van der Waals surface area contributed by atoms with Crippen molar-refractivity contribution < 1.29 is 66.0 Å². The second-order valence-corrected chi connectivity index (χ2v) is 1.93. The Morgan fingerprint density at radius 2 is 1.92 bits per heavy atom. The molecule has 0 rings (SSSR count). The average molecular weight is 209 g/mol. The Labute approximate surface area is 121 Å². The van der Waals surface area contributed by atoms with Crippen molar-refractivity contribution in [3.63, 3.8) is 0 Å². The van der Waals surface area contributed by atoms with Gasteiger partial charge in [0.25, 0.3) is 0 Å². The molecule has 0 heterocycles. The standard InChI is InChI=1S/C8H13NO3.K/c1-3-11-8(12-4-2)7(5-9)6-10;/h6,8,10H,3-4H2,1-2H3;/q;+1/p-1/b7-6-;. The minimum atomic E-state index is -0.803. The van der Waals surface area contributed by atoms with E-state index in [9.17, 15) is 5.11 Å². The summed E-state index contributed by atoms with van der Waals surface area (Å²) in [5.74, 6) is 0. The summed E-state index contributed by atoms with van der Waals surface area (Å²) in [4.78, 5) is 0. The summed E-state index contributed by atoms with van der Waals surface area (Å²) in [6, 6.07) is 1.72. The van der Waals surface area contributed by atoms with Crippen LogP contribution in [0.1, 0.15) is 13.8 Å². The fraction of sp³-hybridized carbons (Fsp3) is 0.625. The van der Waals surface area contributed by atoms with Crippen molar-refractivity contribution >= 4 is 0 Å². The molecule has 0 saturated heterocycles. The molecule has 0 aromatic carbocycles. The molecule has 0 bridgehead atoms. The van der Waals surface area contributed by atoms with Gasteiger partial charge in [-0.05, 0) is 13.8 Å². The van der Waals surface area contributed by atoms with Gasteiger partial charge in [-0.15, -0.1) is 6.26 Å². The van der Waals surface area contributed by atoms with Crippen molar-refractivity contribution in [2.75, 3.05) is 13.2 Å². The van der Waals surface area contributed by atoms with Gasteiger partial charge in [0.15, 0.2) is 6.29 Å². The van der Waals surface area contributed by atoms with Crippen LogP contribution in [0.15, 0.2) is 11.8 Å². The Kier molecular flexibility index (Phi) is 13.2. The molecule has 0 saturated carbocycles. The zero-order valence-electron chi connectivity index (χ0n) is 8.24. The van der Waals surface area contributed by atoms with E-state index in [-0.39, 0.29) is 57.0 Å². The summed E-state index contributed by atoms with van der Waals surface area (Å²) in [6.07, 6.45) is -0.349. The number of hydrogen-bond donors (Lipinski definition) is 0. The number of ether oxygens (including phenoxy) is 2.